The molecule has 0 saturated carbocycles. The quantitative estimate of drug-likeness (QED) is 0.687. The first-order valence-electron chi connectivity index (χ1n) is 5.27. The second-order valence-corrected chi connectivity index (χ2v) is 4.17. The van der Waals surface area contributed by atoms with E-state index in [2.05, 4.69) is 17.5 Å². The molecule has 3 heteroatoms. The molecule has 0 saturated heterocycles. The van der Waals surface area contributed by atoms with Gasteiger partial charge >= 0.3 is 0 Å². The van der Waals surface area contributed by atoms with Gasteiger partial charge < -0.3 is 10.2 Å². The average molecular weight is 196 g/mol. The molecule has 0 atom stereocenters. The smallest absolute Gasteiger partial charge is 0.242 e. The second-order valence-electron chi connectivity index (χ2n) is 4.17. The Bertz CT molecular complexity index is 233. The molecule has 0 spiro atoms. The summed E-state index contributed by atoms with van der Waals surface area (Å²) in [6, 6.07) is 0. The number of carbonyl (C=O) groups is 1. The van der Waals surface area contributed by atoms with E-state index in [1.165, 1.54) is 0 Å². The molecule has 1 N–H and O–H groups in total. The summed E-state index contributed by atoms with van der Waals surface area (Å²) >= 11 is 0. The van der Waals surface area contributed by atoms with Gasteiger partial charge in [-0.05, 0) is 26.8 Å². The third kappa shape index (κ3) is 2.58. The first kappa shape index (κ1) is 11.2. The number of rotatable bonds is 3. The first-order valence-corrected chi connectivity index (χ1v) is 5.27. The Balaban J connectivity index is 2.59. The number of hydrogen-bond acceptors (Lipinski definition) is 2. The van der Waals surface area contributed by atoms with Crippen LogP contribution >= 0.6 is 0 Å². The zero-order chi connectivity index (χ0) is 10.6. The van der Waals surface area contributed by atoms with Crippen LogP contribution in [0, 0.1) is 0 Å². The van der Waals surface area contributed by atoms with Gasteiger partial charge in [-0.2, -0.15) is 0 Å². The van der Waals surface area contributed by atoms with E-state index in [0.29, 0.717) is 0 Å². The van der Waals surface area contributed by atoms with Crippen LogP contribution in [0.5, 0.6) is 0 Å². The van der Waals surface area contributed by atoms with Gasteiger partial charge in [-0.15, -0.1) is 0 Å². The molecule has 0 aliphatic carbocycles. The standard InChI is InChI=1S/C11H20N2O/c1-4-12-11(2,3)10(14)13-8-6-5-7-9-13/h5-6,12H,4,7-9H2,1-3H3. The summed E-state index contributed by atoms with van der Waals surface area (Å²) in [6.07, 6.45) is 5.17. The molecule has 0 radical (unpaired) electrons. The normalized spacial score (nSPS) is 17.2. The minimum Gasteiger partial charge on any atom is -0.337 e. The maximum atomic E-state index is 12.0. The van der Waals surface area contributed by atoms with Crippen molar-refractivity contribution in [3.05, 3.63) is 12.2 Å². The molecule has 1 aliphatic rings. The van der Waals surface area contributed by atoms with Crippen LogP contribution in [0.4, 0.5) is 0 Å². The fourth-order valence-corrected chi connectivity index (χ4v) is 1.74. The van der Waals surface area contributed by atoms with Crippen LogP contribution in [0.15, 0.2) is 12.2 Å². The number of nitrogens with one attached hydrogen (secondary N) is 1. The van der Waals surface area contributed by atoms with E-state index in [1.54, 1.807) is 0 Å². The lowest BCUT2D eigenvalue weighted by atomic mass is 10.0. The molecule has 14 heavy (non-hydrogen) atoms. The summed E-state index contributed by atoms with van der Waals surface area (Å²) in [5.41, 5.74) is -0.431. The van der Waals surface area contributed by atoms with E-state index in [9.17, 15) is 4.79 Å². The van der Waals surface area contributed by atoms with Crippen molar-refractivity contribution in [2.24, 2.45) is 0 Å². The molecular formula is C11H20N2O. The Morgan fingerprint density at radius 1 is 1.50 bits per heavy atom. The summed E-state index contributed by atoms with van der Waals surface area (Å²) in [7, 11) is 0. The van der Waals surface area contributed by atoms with Crippen LogP contribution in [0.3, 0.4) is 0 Å². The summed E-state index contributed by atoms with van der Waals surface area (Å²) < 4.78 is 0. The topological polar surface area (TPSA) is 32.3 Å². The number of likely N-dealkylation sites (N-methyl/N-ethyl adjacent to an activating group) is 1. The van der Waals surface area contributed by atoms with Crippen molar-refractivity contribution in [1.29, 1.82) is 0 Å². The highest BCUT2D eigenvalue weighted by atomic mass is 16.2. The van der Waals surface area contributed by atoms with Crippen LogP contribution in [-0.2, 0) is 4.79 Å². The highest BCUT2D eigenvalue weighted by molar-refractivity contribution is 5.85. The maximum absolute atomic E-state index is 12.0. The lowest BCUT2D eigenvalue weighted by molar-refractivity contribution is -0.136. The predicted molar refractivity (Wildman–Crippen MR) is 58.1 cm³/mol. The molecule has 0 aromatic rings. The molecule has 0 aromatic heterocycles. The number of nitrogens with zero attached hydrogens (tertiary/aromatic N) is 1. The monoisotopic (exact) mass is 196 g/mol. The molecule has 0 unspecified atom stereocenters. The molecule has 0 fully saturated rings. The Hall–Kier alpha value is -0.830. The van der Waals surface area contributed by atoms with E-state index in [1.807, 2.05) is 25.7 Å². The zero-order valence-electron chi connectivity index (χ0n) is 9.34. The Kier molecular flexibility index (Phi) is 3.69. The van der Waals surface area contributed by atoms with Crippen molar-refractivity contribution in [3.8, 4) is 0 Å². The van der Waals surface area contributed by atoms with Gasteiger partial charge in [0.05, 0.1) is 5.54 Å². The molecule has 1 amide bonds. The average Bonchev–Trinajstić information content (AvgIpc) is 2.18. The van der Waals surface area contributed by atoms with E-state index >= 15 is 0 Å². The Morgan fingerprint density at radius 3 is 2.71 bits per heavy atom. The van der Waals surface area contributed by atoms with E-state index in [-0.39, 0.29) is 5.91 Å². The SMILES string of the molecule is CCNC(C)(C)C(=O)N1CC=CCC1. The van der Waals surface area contributed by atoms with Crippen LogP contribution in [0.2, 0.25) is 0 Å². The Morgan fingerprint density at radius 2 is 2.21 bits per heavy atom. The van der Waals surface area contributed by atoms with Gasteiger partial charge in [0.2, 0.25) is 5.91 Å². The van der Waals surface area contributed by atoms with Crippen LogP contribution in [0.25, 0.3) is 0 Å². The van der Waals surface area contributed by atoms with Crippen molar-refractivity contribution in [2.75, 3.05) is 19.6 Å². The molecule has 1 rings (SSSR count). The summed E-state index contributed by atoms with van der Waals surface area (Å²) in [4.78, 5) is 13.9. The minimum absolute atomic E-state index is 0.198. The molecule has 1 aliphatic heterocycles. The molecule has 3 nitrogen and oxygen atoms in total. The largest absolute Gasteiger partial charge is 0.337 e. The summed E-state index contributed by atoms with van der Waals surface area (Å²) in [5, 5.41) is 3.20. The van der Waals surface area contributed by atoms with Crippen LogP contribution < -0.4 is 5.32 Å². The highest BCUT2D eigenvalue weighted by Crippen LogP contribution is 2.11. The van der Waals surface area contributed by atoms with Gasteiger partial charge in [0.1, 0.15) is 0 Å². The fraction of sp³-hybridized carbons (Fsp3) is 0.727. The van der Waals surface area contributed by atoms with E-state index in [4.69, 9.17) is 0 Å². The lowest BCUT2D eigenvalue weighted by Gasteiger charge is -2.33. The lowest BCUT2D eigenvalue weighted by Crippen LogP contribution is -2.54. The van der Waals surface area contributed by atoms with Crippen molar-refractivity contribution >= 4 is 5.91 Å². The molecule has 0 aromatic carbocycles. The number of amides is 1. The summed E-state index contributed by atoms with van der Waals surface area (Å²) in [5.74, 6) is 0.198. The molecule has 0 bridgehead atoms. The Labute approximate surface area is 86.2 Å². The van der Waals surface area contributed by atoms with Crippen molar-refractivity contribution in [1.82, 2.24) is 10.2 Å². The number of hydrogen-bond donors (Lipinski definition) is 1. The van der Waals surface area contributed by atoms with Crippen molar-refractivity contribution in [2.45, 2.75) is 32.7 Å². The highest BCUT2D eigenvalue weighted by Gasteiger charge is 2.30. The minimum atomic E-state index is -0.431. The third-order valence-electron chi connectivity index (χ3n) is 2.50. The first-order chi connectivity index (χ1) is 6.58. The summed E-state index contributed by atoms with van der Waals surface area (Å²) in [6.45, 7) is 8.33. The molecule has 1 heterocycles. The van der Waals surface area contributed by atoms with Gasteiger partial charge in [-0.25, -0.2) is 0 Å². The van der Waals surface area contributed by atoms with Crippen molar-refractivity contribution < 1.29 is 4.79 Å². The molecular weight excluding hydrogens is 176 g/mol. The van der Waals surface area contributed by atoms with Gasteiger partial charge in [0, 0.05) is 13.1 Å². The maximum Gasteiger partial charge on any atom is 0.242 e. The molecule has 80 valence electrons. The second kappa shape index (κ2) is 4.60. The van der Waals surface area contributed by atoms with E-state index in [0.717, 1.165) is 26.1 Å². The third-order valence-corrected chi connectivity index (χ3v) is 2.50. The fourth-order valence-electron chi connectivity index (χ4n) is 1.74. The van der Waals surface area contributed by atoms with Gasteiger partial charge in [0.15, 0.2) is 0 Å². The van der Waals surface area contributed by atoms with Gasteiger partial charge in [-0.1, -0.05) is 19.1 Å². The van der Waals surface area contributed by atoms with Crippen LogP contribution in [-0.4, -0.2) is 36.0 Å². The van der Waals surface area contributed by atoms with Crippen LogP contribution in [0.1, 0.15) is 27.2 Å². The van der Waals surface area contributed by atoms with Crippen molar-refractivity contribution in [3.63, 3.8) is 0 Å². The number of carbonyl (C=O) groups excluding carboxylic acids is 1. The van der Waals surface area contributed by atoms with E-state index < -0.39 is 5.54 Å². The van der Waals surface area contributed by atoms with Gasteiger partial charge in [-0.3, -0.25) is 4.79 Å². The van der Waals surface area contributed by atoms with Gasteiger partial charge in [0.25, 0.3) is 0 Å². The predicted octanol–water partition coefficient (Wildman–Crippen LogP) is 1.16. The zero-order valence-corrected chi connectivity index (χ0v) is 9.34.